The minimum absolute atomic E-state index is 0.158. The van der Waals surface area contributed by atoms with Crippen LogP contribution >= 0.6 is 0 Å². The number of piperazine rings is 1. The van der Waals surface area contributed by atoms with Crippen molar-refractivity contribution in [3.05, 3.63) is 29.3 Å². The number of hydrogen-bond acceptors (Lipinski definition) is 3. The lowest BCUT2D eigenvalue weighted by molar-refractivity contribution is -0.132. The molecule has 0 radical (unpaired) electrons. The molecular weight excluding hydrogens is 228 g/mol. The molecule has 2 rings (SSSR count). The van der Waals surface area contributed by atoms with Gasteiger partial charge in [-0.05, 0) is 18.1 Å². The minimum atomic E-state index is 0.158. The predicted octanol–water partition coefficient (Wildman–Crippen LogP) is 1.19. The van der Waals surface area contributed by atoms with Crippen LogP contribution in [0.1, 0.15) is 18.1 Å². The first-order valence-corrected chi connectivity index (χ1v) is 6.39. The van der Waals surface area contributed by atoms with Crippen LogP contribution in [0.3, 0.4) is 0 Å². The van der Waals surface area contributed by atoms with E-state index in [1.165, 1.54) is 5.56 Å². The summed E-state index contributed by atoms with van der Waals surface area (Å²) in [6.07, 6.45) is 0.993. The highest BCUT2D eigenvalue weighted by atomic mass is 16.5. The predicted molar refractivity (Wildman–Crippen MR) is 70.7 cm³/mol. The molecule has 0 aliphatic carbocycles. The molecular formula is C14H20N2O2. The zero-order valence-electron chi connectivity index (χ0n) is 11.0. The Balaban J connectivity index is 2.18. The fourth-order valence-corrected chi connectivity index (χ4v) is 2.19. The van der Waals surface area contributed by atoms with E-state index in [1.807, 2.05) is 11.0 Å². The van der Waals surface area contributed by atoms with Crippen molar-refractivity contribution in [2.24, 2.45) is 0 Å². The monoisotopic (exact) mass is 248 g/mol. The lowest BCUT2D eigenvalue weighted by Crippen LogP contribution is -2.47. The summed E-state index contributed by atoms with van der Waals surface area (Å²) in [5.41, 5.74) is 2.36. The van der Waals surface area contributed by atoms with Crippen LogP contribution < -0.4 is 10.1 Å². The molecule has 4 heteroatoms. The van der Waals surface area contributed by atoms with Crippen molar-refractivity contribution in [3.8, 4) is 5.75 Å². The molecule has 0 spiro atoms. The van der Waals surface area contributed by atoms with E-state index in [2.05, 4.69) is 24.4 Å². The van der Waals surface area contributed by atoms with Gasteiger partial charge in [0, 0.05) is 25.2 Å². The fourth-order valence-electron chi connectivity index (χ4n) is 2.19. The van der Waals surface area contributed by atoms with E-state index in [0.29, 0.717) is 13.1 Å². The molecule has 0 atom stereocenters. The third-order valence-electron chi connectivity index (χ3n) is 3.30. The molecule has 1 fully saturated rings. The number of methoxy groups -OCH3 is 1. The minimum Gasteiger partial charge on any atom is -0.496 e. The summed E-state index contributed by atoms with van der Waals surface area (Å²) >= 11 is 0. The molecule has 1 N–H and O–H groups in total. The number of carbonyl (C=O) groups excluding carboxylic acids is 1. The quantitative estimate of drug-likeness (QED) is 0.870. The lowest BCUT2D eigenvalue weighted by atomic mass is 10.1. The van der Waals surface area contributed by atoms with Crippen LogP contribution in [-0.2, 0) is 17.8 Å². The van der Waals surface area contributed by atoms with Gasteiger partial charge in [0.15, 0.2) is 0 Å². The Bertz CT molecular complexity index is 432. The molecule has 4 nitrogen and oxygen atoms in total. The number of ether oxygens (including phenoxy) is 1. The van der Waals surface area contributed by atoms with Gasteiger partial charge in [0.25, 0.3) is 0 Å². The molecule has 1 aliphatic rings. The Hall–Kier alpha value is -1.55. The van der Waals surface area contributed by atoms with E-state index in [1.54, 1.807) is 7.11 Å². The highest BCUT2D eigenvalue weighted by Crippen LogP contribution is 2.22. The van der Waals surface area contributed by atoms with Crippen LogP contribution in [0.25, 0.3) is 0 Å². The maximum Gasteiger partial charge on any atom is 0.236 e. The number of amides is 1. The van der Waals surface area contributed by atoms with Gasteiger partial charge >= 0.3 is 0 Å². The van der Waals surface area contributed by atoms with Crippen LogP contribution in [0.2, 0.25) is 0 Å². The first-order valence-electron chi connectivity index (χ1n) is 6.39. The summed E-state index contributed by atoms with van der Waals surface area (Å²) in [6.45, 7) is 4.83. The van der Waals surface area contributed by atoms with E-state index >= 15 is 0 Å². The molecule has 18 heavy (non-hydrogen) atoms. The standard InChI is InChI=1S/C14H20N2O2/c1-3-11-4-5-13(18-2)12(8-11)10-16-7-6-15-9-14(16)17/h4-5,8,15H,3,6-7,9-10H2,1-2H3. The Morgan fingerprint density at radius 1 is 1.44 bits per heavy atom. The number of nitrogens with one attached hydrogen (secondary N) is 1. The van der Waals surface area contributed by atoms with Gasteiger partial charge in [0.2, 0.25) is 5.91 Å². The largest absolute Gasteiger partial charge is 0.496 e. The van der Waals surface area contributed by atoms with Gasteiger partial charge < -0.3 is 15.0 Å². The molecule has 0 aromatic heterocycles. The topological polar surface area (TPSA) is 41.6 Å². The first kappa shape index (κ1) is 12.9. The second kappa shape index (κ2) is 5.87. The molecule has 1 saturated heterocycles. The summed E-state index contributed by atoms with van der Waals surface area (Å²) < 4.78 is 5.37. The number of carbonyl (C=O) groups is 1. The van der Waals surface area contributed by atoms with Crippen LogP contribution in [0.15, 0.2) is 18.2 Å². The average Bonchev–Trinajstić information content (AvgIpc) is 2.41. The number of rotatable bonds is 4. The summed E-state index contributed by atoms with van der Waals surface area (Å²) in [4.78, 5) is 13.7. The number of benzene rings is 1. The zero-order chi connectivity index (χ0) is 13.0. The highest BCUT2D eigenvalue weighted by Gasteiger charge is 2.19. The van der Waals surface area contributed by atoms with Gasteiger partial charge in [-0.1, -0.05) is 19.1 Å². The third-order valence-corrected chi connectivity index (χ3v) is 3.30. The zero-order valence-corrected chi connectivity index (χ0v) is 11.0. The van der Waals surface area contributed by atoms with Gasteiger partial charge in [0.05, 0.1) is 13.7 Å². The number of nitrogens with zero attached hydrogens (tertiary/aromatic N) is 1. The summed E-state index contributed by atoms with van der Waals surface area (Å²) in [6, 6.07) is 6.19. The van der Waals surface area contributed by atoms with Crippen molar-refractivity contribution in [1.29, 1.82) is 0 Å². The molecule has 1 aliphatic heterocycles. The van der Waals surface area contributed by atoms with Crippen molar-refractivity contribution in [1.82, 2.24) is 10.2 Å². The maximum atomic E-state index is 11.8. The van der Waals surface area contributed by atoms with Crippen molar-refractivity contribution >= 4 is 5.91 Å². The molecule has 0 unspecified atom stereocenters. The molecule has 1 heterocycles. The second-order valence-electron chi connectivity index (χ2n) is 4.49. The average molecular weight is 248 g/mol. The van der Waals surface area contributed by atoms with Crippen molar-refractivity contribution in [3.63, 3.8) is 0 Å². The van der Waals surface area contributed by atoms with Gasteiger partial charge in [-0.3, -0.25) is 4.79 Å². The number of hydrogen-bond donors (Lipinski definition) is 1. The first-order chi connectivity index (χ1) is 8.74. The van der Waals surface area contributed by atoms with E-state index in [9.17, 15) is 4.79 Å². The van der Waals surface area contributed by atoms with Crippen molar-refractivity contribution < 1.29 is 9.53 Å². The van der Waals surface area contributed by atoms with E-state index in [-0.39, 0.29) is 5.91 Å². The van der Waals surface area contributed by atoms with Gasteiger partial charge in [-0.15, -0.1) is 0 Å². The van der Waals surface area contributed by atoms with Gasteiger partial charge in [0.1, 0.15) is 5.75 Å². The molecule has 0 bridgehead atoms. The van der Waals surface area contributed by atoms with Crippen LogP contribution in [0, 0.1) is 0 Å². The van der Waals surface area contributed by atoms with Crippen LogP contribution in [-0.4, -0.2) is 37.6 Å². The maximum absolute atomic E-state index is 11.8. The van der Waals surface area contributed by atoms with E-state index in [4.69, 9.17) is 4.74 Å². The van der Waals surface area contributed by atoms with Crippen molar-refractivity contribution in [2.75, 3.05) is 26.7 Å². The molecule has 1 aromatic rings. The highest BCUT2D eigenvalue weighted by molar-refractivity contribution is 5.79. The second-order valence-corrected chi connectivity index (χ2v) is 4.49. The normalized spacial score (nSPS) is 15.9. The number of aryl methyl sites for hydroxylation is 1. The summed E-state index contributed by atoms with van der Waals surface area (Å²) in [5.74, 6) is 1.02. The summed E-state index contributed by atoms with van der Waals surface area (Å²) in [7, 11) is 1.67. The molecule has 0 saturated carbocycles. The fraction of sp³-hybridized carbons (Fsp3) is 0.500. The smallest absolute Gasteiger partial charge is 0.236 e. The lowest BCUT2D eigenvalue weighted by Gasteiger charge is -2.28. The third kappa shape index (κ3) is 2.82. The molecule has 1 aromatic carbocycles. The van der Waals surface area contributed by atoms with Crippen LogP contribution in [0.4, 0.5) is 0 Å². The summed E-state index contributed by atoms with van der Waals surface area (Å²) in [5, 5.41) is 3.08. The Morgan fingerprint density at radius 3 is 2.94 bits per heavy atom. The Labute approximate surface area is 108 Å². The molecule has 1 amide bonds. The van der Waals surface area contributed by atoms with E-state index in [0.717, 1.165) is 30.8 Å². The van der Waals surface area contributed by atoms with E-state index < -0.39 is 0 Å². The Kier molecular flexibility index (Phi) is 4.20. The van der Waals surface area contributed by atoms with Crippen LogP contribution in [0.5, 0.6) is 5.75 Å². The van der Waals surface area contributed by atoms with Crippen molar-refractivity contribution in [2.45, 2.75) is 19.9 Å². The van der Waals surface area contributed by atoms with Gasteiger partial charge in [-0.2, -0.15) is 0 Å². The SMILES string of the molecule is CCc1ccc(OC)c(CN2CCNCC2=O)c1. The Morgan fingerprint density at radius 2 is 2.28 bits per heavy atom. The van der Waals surface area contributed by atoms with Gasteiger partial charge in [-0.25, -0.2) is 0 Å². The molecule has 98 valence electrons.